The van der Waals surface area contributed by atoms with Gasteiger partial charge in [-0.05, 0) is 47.5 Å². The zero-order chi connectivity index (χ0) is 17.8. The van der Waals surface area contributed by atoms with Crippen LogP contribution in [0.1, 0.15) is 11.1 Å². The van der Waals surface area contributed by atoms with Crippen molar-refractivity contribution in [3.05, 3.63) is 89.2 Å². The van der Waals surface area contributed by atoms with Crippen molar-refractivity contribution in [2.45, 2.75) is 11.9 Å². The number of halogens is 4. The minimum absolute atomic E-state index is 0.0942. The molecule has 5 heteroatoms. The quantitative estimate of drug-likeness (QED) is 0.455. The summed E-state index contributed by atoms with van der Waals surface area (Å²) in [6.07, 6.45) is 0. The summed E-state index contributed by atoms with van der Waals surface area (Å²) in [6.45, 7) is 0.0942. The van der Waals surface area contributed by atoms with Crippen LogP contribution in [0, 0.1) is 17.5 Å². The largest absolute Gasteiger partial charge is 0.489 e. The molecule has 3 rings (SSSR count). The molecule has 0 bridgehead atoms. The van der Waals surface area contributed by atoms with Gasteiger partial charge < -0.3 is 4.74 Å². The smallest absolute Gasteiger partial charge is 0.133 e. The van der Waals surface area contributed by atoms with E-state index in [9.17, 15) is 13.2 Å². The van der Waals surface area contributed by atoms with Gasteiger partial charge in [-0.15, -0.1) is 0 Å². The number of hydrogen-bond donors (Lipinski definition) is 0. The fourth-order valence-corrected chi connectivity index (χ4v) is 2.79. The summed E-state index contributed by atoms with van der Waals surface area (Å²) < 4.78 is 46.2. The first-order valence-electron chi connectivity index (χ1n) is 7.58. The molecule has 0 radical (unpaired) electrons. The van der Waals surface area contributed by atoms with E-state index in [2.05, 4.69) is 15.9 Å². The fourth-order valence-electron chi connectivity index (χ4n) is 2.44. The van der Waals surface area contributed by atoms with Crippen molar-refractivity contribution in [3.8, 4) is 16.9 Å². The van der Waals surface area contributed by atoms with Crippen molar-refractivity contribution in [2.24, 2.45) is 0 Å². The van der Waals surface area contributed by atoms with Crippen LogP contribution in [-0.4, -0.2) is 0 Å². The van der Waals surface area contributed by atoms with Gasteiger partial charge >= 0.3 is 0 Å². The molecule has 0 heterocycles. The second-order valence-electron chi connectivity index (χ2n) is 5.50. The Kier molecular flexibility index (Phi) is 5.43. The Balaban J connectivity index is 1.73. The molecule has 0 aliphatic heterocycles. The second kappa shape index (κ2) is 7.74. The molecule has 0 aromatic heterocycles. The lowest BCUT2D eigenvalue weighted by molar-refractivity contribution is 0.300. The lowest BCUT2D eigenvalue weighted by Gasteiger charge is -2.10. The number of hydrogen-bond acceptors (Lipinski definition) is 1. The molecule has 0 atom stereocenters. The third kappa shape index (κ3) is 4.23. The predicted molar refractivity (Wildman–Crippen MR) is 95.2 cm³/mol. The summed E-state index contributed by atoms with van der Waals surface area (Å²) in [5, 5.41) is 0.637. The highest BCUT2D eigenvalue weighted by molar-refractivity contribution is 9.08. The van der Waals surface area contributed by atoms with Crippen molar-refractivity contribution in [1.82, 2.24) is 0 Å². The van der Waals surface area contributed by atoms with Crippen molar-refractivity contribution in [3.63, 3.8) is 0 Å². The van der Waals surface area contributed by atoms with Gasteiger partial charge in [-0.25, -0.2) is 13.2 Å². The summed E-state index contributed by atoms with van der Waals surface area (Å²) in [4.78, 5) is 0. The Hall–Kier alpha value is -2.27. The van der Waals surface area contributed by atoms with Crippen molar-refractivity contribution in [1.29, 1.82) is 0 Å². The number of ether oxygens (including phenoxy) is 1. The Morgan fingerprint density at radius 3 is 2.24 bits per heavy atom. The van der Waals surface area contributed by atoms with Gasteiger partial charge in [0, 0.05) is 22.5 Å². The zero-order valence-corrected chi connectivity index (χ0v) is 14.7. The third-order valence-electron chi connectivity index (χ3n) is 3.76. The highest BCUT2D eigenvalue weighted by atomic mass is 79.9. The van der Waals surface area contributed by atoms with Crippen LogP contribution in [0.3, 0.4) is 0 Å². The summed E-state index contributed by atoms with van der Waals surface area (Å²) in [5.74, 6) is -1.03. The standard InChI is InChI=1S/C20H14BrF3O/c21-11-13-1-8-19(23)15(9-13)12-25-17-5-2-14(3-6-17)18-7-4-16(22)10-20(18)24/h1-10H,11-12H2. The Morgan fingerprint density at radius 2 is 1.56 bits per heavy atom. The van der Waals surface area contributed by atoms with Gasteiger partial charge in [0.15, 0.2) is 0 Å². The van der Waals surface area contributed by atoms with Gasteiger partial charge in [-0.1, -0.05) is 34.1 Å². The van der Waals surface area contributed by atoms with Gasteiger partial charge in [0.2, 0.25) is 0 Å². The Labute approximate surface area is 152 Å². The molecule has 0 fully saturated rings. The first-order chi connectivity index (χ1) is 12.1. The molecule has 0 spiro atoms. The minimum Gasteiger partial charge on any atom is -0.489 e. The molecule has 0 saturated heterocycles. The molecule has 3 aromatic rings. The van der Waals surface area contributed by atoms with E-state index in [4.69, 9.17) is 4.74 Å². The van der Waals surface area contributed by atoms with Crippen LogP contribution >= 0.6 is 15.9 Å². The summed E-state index contributed by atoms with van der Waals surface area (Å²) in [6, 6.07) is 15.0. The van der Waals surface area contributed by atoms with E-state index in [1.165, 1.54) is 18.2 Å². The van der Waals surface area contributed by atoms with Gasteiger partial charge in [0.25, 0.3) is 0 Å². The van der Waals surface area contributed by atoms with E-state index in [-0.39, 0.29) is 12.4 Å². The Morgan fingerprint density at radius 1 is 0.800 bits per heavy atom. The van der Waals surface area contributed by atoms with Gasteiger partial charge in [-0.2, -0.15) is 0 Å². The zero-order valence-electron chi connectivity index (χ0n) is 13.1. The maximum atomic E-state index is 13.8. The highest BCUT2D eigenvalue weighted by Gasteiger charge is 2.08. The molecule has 0 unspecified atom stereocenters. The minimum atomic E-state index is -0.623. The molecular formula is C20H14BrF3O. The monoisotopic (exact) mass is 406 g/mol. The van der Waals surface area contributed by atoms with Gasteiger partial charge in [0.1, 0.15) is 29.8 Å². The summed E-state index contributed by atoms with van der Waals surface area (Å²) in [7, 11) is 0. The maximum absolute atomic E-state index is 13.8. The highest BCUT2D eigenvalue weighted by Crippen LogP contribution is 2.26. The van der Waals surface area contributed by atoms with Crippen LogP contribution in [0.2, 0.25) is 0 Å². The number of rotatable bonds is 5. The molecule has 3 aromatic carbocycles. The van der Waals surface area contributed by atoms with E-state index >= 15 is 0 Å². The SMILES string of the molecule is Fc1ccc(-c2ccc(OCc3cc(CBr)ccc3F)cc2)c(F)c1. The molecule has 0 aliphatic rings. The normalized spacial score (nSPS) is 10.7. The topological polar surface area (TPSA) is 9.23 Å². The van der Waals surface area contributed by atoms with Crippen LogP contribution in [0.5, 0.6) is 5.75 Å². The van der Waals surface area contributed by atoms with E-state index in [1.54, 1.807) is 36.4 Å². The van der Waals surface area contributed by atoms with E-state index in [0.717, 1.165) is 11.6 Å². The van der Waals surface area contributed by atoms with Crippen LogP contribution in [0.25, 0.3) is 11.1 Å². The fraction of sp³-hybridized carbons (Fsp3) is 0.100. The van der Waals surface area contributed by atoms with Crippen molar-refractivity contribution >= 4 is 15.9 Å². The van der Waals surface area contributed by atoms with Gasteiger partial charge in [0.05, 0.1) is 0 Å². The van der Waals surface area contributed by atoms with Crippen molar-refractivity contribution < 1.29 is 17.9 Å². The molecule has 25 heavy (non-hydrogen) atoms. The van der Waals surface area contributed by atoms with Crippen molar-refractivity contribution in [2.75, 3.05) is 0 Å². The maximum Gasteiger partial charge on any atom is 0.133 e. The average molecular weight is 407 g/mol. The molecule has 0 aliphatic carbocycles. The molecule has 0 saturated carbocycles. The predicted octanol–water partition coefficient (Wildman–Crippen LogP) is 6.24. The molecule has 128 valence electrons. The Bertz CT molecular complexity index is 879. The first-order valence-corrected chi connectivity index (χ1v) is 8.70. The van der Waals surface area contributed by atoms with Crippen LogP contribution < -0.4 is 4.74 Å². The lowest BCUT2D eigenvalue weighted by atomic mass is 10.1. The van der Waals surface area contributed by atoms with Crippen LogP contribution in [0.4, 0.5) is 13.2 Å². The van der Waals surface area contributed by atoms with E-state index < -0.39 is 11.6 Å². The molecule has 0 amide bonds. The summed E-state index contributed by atoms with van der Waals surface area (Å²) in [5.41, 5.74) is 2.34. The van der Waals surface area contributed by atoms with Gasteiger partial charge in [-0.3, -0.25) is 0 Å². The van der Waals surface area contributed by atoms with E-state index in [0.29, 0.717) is 27.8 Å². The first kappa shape index (κ1) is 17.5. The van der Waals surface area contributed by atoms with Crippen LogP contribution in [-0.2, 0) is 11.9 Å². The summed E-state index contributed by atoms with van der Waals surface area (Å²) >= 11 is 3.34. The van der Waals surface area contributed by atoms with Crippen LogP contribution in [0.15, 0.2) is 60.7 Å². The second-order valence-corrected chi connectivity index (χ2v) is 6.06. The number of alkyl halides is 1. The lowest BCUT2D eigenvalue weighted by Crippen LogP contribution is -1.99. The molecular weight excluding hydrogens is 393 g/mol. The third-order valence-corrected chi connectivity index (χ3v) is 4.40. The number of benzene rings is 3. The average Bonchev–Trinajstić information content (AvgIpc) is 2.62. The molecule has 1 nitrogen and oxygen atoms in total. The molecule has 0 N–H and O–H groups in total. The van der Waals surface area contributed by atoms with E-state index in [1.807, 2.05) is 0 Å².